The molecule has 10 nitrogen and oxygen atoms in total. The van der Waals surface area contributed by atoms with Crippen molar-refractivity contribution < 1.29 is 32.0 Å². The van der Waals surface area contributed by atoms with E-state index in [0.717, 1.165) is 9.04 Å². The van der Waals surface area contributed by atoms with Crippen LogP contribution in [0.1, 0.15) is 22.3 Å². The van der Waals surface area contributed by atoms with Crippen molar-refractivity contribution in [2.45, 2.75) is 12.7 Å². The van der Waals surface area contributed by atoms with E-state index in [1.165, 1.54) is 12.1 Å². The third kappa shape index (κ3) is 6.19. The molecule has 188 valence electrons. The van der Waals surface area contributed by atoms with Crippen LogP contribution in [0.2, 0.25) is 0 Å². The number of imidazole rings is 1. The minimum Gasteiger partial charge on any atom is -0.484 e. The number of rotatable bonds is 9. The molecule has 2 aromatic heterocycles. The van der Waals surface area contributed by atoms with Gasteiger partial charge in [0.25, 0.3) is 5.91 Å². The van der Waals surface area contributed by atoms with E-state index in [0.29, 0.717) is 5.75 Å². The van der Waals surface area contributed by atoms with E-state index < -0.39 is 30.3 Å². The van der Waals surface area contributed by atoms with Gasteiger partial charge in [0.15, 0.2) is 12.4 Å². The van der Waals surface area contributed by atoms with Crippen LogP contribution in [-0.2, 0) is 17.5 Å². The molecule has 0 spiro atoms. The Morgan fingerprint density at radius 2 is 1.75 bits per heavy atom. The van der Waals surface area contributed by atoms with Crippen LogP contribution >= 0.6 is 15.9 Å². The maximum Gasteiger partial charge on any atom is 0.449 e. The summed E-state index contributed by atoms with van der Waals surface area (Å²) in [5.74, 6) is -2.26. The summed E-state index contributed by atoms with van der Waals surface area (Å²) < 4.78 is 52.4. The number of ether oxygens (including phenoxy) is 1. The van der Waals surface area contributed by atoms with Crippen molar-refractivity contribution >= 4 is 38.8 Å². The number of hydrogen-bond donors (Lipinski definition) is 2. The van der Waals surface area contributed by atoms with E-state index in [1.54, 1.807) is 36.4 Å². The molecule has 4 rings (SSSR count). The summed E-state index contributed by atoms with van der Waals surface area (Å²) in [6.45, 7) is -0.456. The quantitative estimate of drug-likeness (QED) is 0.298. The third-order valence-corrected chi connectivity index (χ3v) is 5.31. The normalized spacial score (nSPS) is 11.4. The predicted molar refractivity (Wildman–Crippen MR) is 123 cm³/mol. The topological polar surface area (TPSA) is 124 Å². The Labute approximate surface area is 210 Å². The van der Waals surface area contributed by atoms with Crippen molar-refractivity contribution in [2.75, 3.05) is 19.7 Å². The molecule has 0 unspecified atom stereocenters. The molecule has 0 atom stereocenters. The lowest BCUT2D eigenvalue weighted by molar-refractivity contribution is -0.146. The molecule has 2 amide bonds. The predicted octanol–water partition coefficient (Wildman–Crippen LogP) is 3.17. The van der Waals surface area contributed by atoms with Crippen molar-refractivity contribution in [2.24, 2.45) is 0 Å². The van der Waals surface area contributed by atoms with E-state index in [4.69, 9.17) is 9.26 Å². The van der Waals surface area contributed by atoms with Gasteiger partial charge >= 0.3 is 18.0 Å². The zero-order valence-corrected chi connectivity index (χ0v) is 20.0. The van der Waals surface area contributed by atoms with Crippen molar-refractivity contribution in [3.63, 3.8) is 0 Å². The smallest absolute Gasteiger partial charge is 0.449 e. The highest BCUT2D eigenvalue weighted by Crippen LogP contribution is 2.31. The molecule has 0 saturated heterocycles. The molecule has 2 N–H and O–H groups in total. The Morgan fingerprint density at radius 1 is 1.03 bits per heavy atom. The number of nitrogens with zero attached hydrogens (tertiary/aromatic N) is 4. The molecule has 0 aliphatic rings. The van der Waals surface area contributed by atoms with Gasteiger partial charge in [-0.3, -0.25) is 9.59 Å². The molecule has 0 aliphatic carbocycles. The van der Waals surface area contributed by atoms with Crippen LogP contribution < -0.4 is 15.4 Å². The number of fused-ring (bicyclic) bond motifs is 1. The van der Waals surface area contributed by atoms with Gasteiger partial charge in [0.2, 0.25) is 5.82 Å². The van der Waals surface area contributed by atoms with Crippen LogP contribution in [0.4, 0.5) is 13.2 Å². The molecular weight excluding hydrogens is 549 g/mol. The number of benzene rings is 2. The molecule has 36 heavy (non-hydrogen) atoms. The van der Waals surface area contributed by atoms with Gasteiger partial charge in [-0.15, -0.1) is 0 Å². The first kappa shape index (κ1) is 25.2. The Bertz CT molecular complexity index is 1370. The molecule has 0 saturated carbocycles. The first-order valence-electron chi connectivity index (χ1n) is 10.5. The maximum absolute atomic E-state index is 13.5. The van der Waals surface area contributed by atoms with Gasteiger partial charge in [0.1, 0.15) is 5.75 Å². The number of carbonyl (C=O) groups excluding carboxylic acids is 2. The van der Waals surface area contributed by atoms with Crippen LogP contribution in [0, 0.1) is 0 Å². The molecule has 2 aromatic carbocycles. The van der Waals surface area contributed by atoms with E-state index in [1.807, 2.05) is 0 Å². The fraction of sp³-hybridized carbons (Fsp3) is 0.227. The third-order valence-electron chi connectivity index (χ3n) is 4.79. The number of halogens is 4. The van der Waals surface area contributed by atoms with Gasteiger partial charge in [-0.25, -0.2) is 4.98 Å². The van der Waals surface area contributed by atoms with Crippen molar-refractivity contribution in [3.8, 4) is 5.75 Å². The van der Waals surface area contributed by atoms with Crippen LogP contribution in [0.15, 0.2) is 57.5 Å². The van der Waals surface area contributed by atoms with Crippen molar-refractivity contribution in [1.82, 2.24) is 30.3 Å². The Balaban J connectivity index is 1.28. The van der Waals surface area contributed by atoms with Crippen LogP contribution in [0.25, 0.3) is 11.0 Å². The number of aromatic nitrogens is 4. The number of carbonyl (C=O) groups is 2. The minimum atomic E-state index is -4.70. The highest BCUT2D eigenvalue weighted by molar-refractivity contribution is 9.10. The molecule has 2 heterocycles. The summed E-state index contributed by atoms with van der Waals surface area (Å²) in [6.07, 6.45) is -4.70. The largest absolute Gasteiger partial charge is 0.484 e. The lowest BCUT2D eigenvalue weighted by Crippen LogP contribution is -2.36. The molecule has 0 fully saturated rings. The summed E-state index contributed by atoms with van der Waals surface area (Å²) in [6, 6.07) is 13.1. The van der Waals surface area contributed by atoms with Crippen LogP contribution in [0.3, 0.4) is 0 Å². The average Bonchev–Trinajstić information content (AvgIpc) is 3.47. The lowest BCUT2D eigenvalue weighted by Gasteiger charge is -2.09. The van der Waals surface area contributed by atoms with Gasteiger partial charge in [-0.2, -0.15) is 18.2 Å². The monoisotopic (exact) mass is 566 g/mol. The number of nitrogens with one attached hydrogen (secondary N) is 2. The number of para-hydroxylation sites is 2. The Hall–Kier alpha value is -3.94. The van der Waals surface area contributed by atoms with E-state index in [2.05, 4.69) is 41.7 Å². The van der Waals surface area contributed by atoms with Gasteiger partial charge in [0.05, 0.1) is 17.6 Å². The minimum absolute atomic E-state index is 0.0466. The zero-order valence-electron chi connectivity index (χ0n) is 18.4. The molecule has 0 radical (unpaired) electrons. The lowest BCUT2D eigenvalue weighted by atomic mass is 10.3. The summed E-state index contributed by atoms with van der Waals surface area (Å²) in [5.41, 5.74) is 0.399. The number of amides is 2. The van der Waals surface area contributed by atoms with Crippen molar-refractivity contribution in [3.05, 3.63) is 70.5 Å². The standard InChI is InChI=1S/C22H18BrF3N6O4/c23-13-5-7-14(8-6-13)35-12-18(33)27-9-10-28-19(34)20-30-17(31-36-20)11-32-16-4-2-1-3-15(16)29-21(32)22(24,25)26/h1-8H,9-12H2,(H,27,33)(H,28,34). The average molecular weight is 567 g/mol. The van der Waals surface area contributed by atoms with Crippen molar-refractivity contribution in [1.29, 1.82) is 0 Å². The van der Waals surface area contributed by atoms with Gasteiger partial charge in [-0.1, -0.05) is 33.2 Å². The van der Waals surface area contributed by atoms with E-state index in [-0.39, 0.29) is 42.5 Å². The highest BCUT2D eigenvalue weighted by Gasteiger charge is 2.38. The zero-order chi connectivity index (χ0) is 25.7. The molecular formula is C22H18BrF3N6O4. The van der Waals surface area contributed by atoms with Crippen LogP contribution in [-0.4, -0.2) is 51.2 Å². The Kier molecular flexibility index (Phi) is 7.52. The second-order valence-electron chi connectivity index (χ2n) is 7.37. The fourth-order valence-electron chi connectivity index (χ4n) is 3.19. The highest BCUT2D eigenvalue weighted by atomic mass is 79.9. The molecule has 0 aliphatic heterocycles. The maximum atomic E-state index is 13.5. The SMILES string of the molecule is O=C(COc1ccc(Br)cc1)NCCNC(=O)c1nc(Cn2c(C(F)(F)F)nc3ccccc32)no1. The fourth-order valence-corrected chi connectivity index (χ4v) is 3.45. The molecule has 14 heteroatoms. The summed E-state index contributed by atoms with van der Waals surface area (Å²) in [7, 11) is 0. The van der Waals surface area contributed by atoms with E-state index in [9.17, 15) is 22.8 Å². The second-order valence-corrected chi connectivity index (χ2v) is 8.29. The first-order valence-corrected chi connectivity index (χ1v) is 11.3. The Morgan fingerprint density at radius 3 is 2.50 bits per heavy atom. The van der Waals surface area contributed by atoms with Gasteiger partial charge < -0.3 is 24.5 Å². The second kappa shape index (κ2) is 10.8. The van der Waals surface area contributed by atoms with Gasteiger partial charge in [-0.05, 0) is 36.4 Å². The summed E-state index contributed by atoms with van der Waals surface area (Å²) >= 11 is 3.30. The van der Waals surface area contributed by atoms with Crippen LogP contribution in [0.5, 0.6) is 5.75 Å². The summed E-state index contributed by atoms with van der Waals surface area (Å²) in [5, 5.41) is 8.65. The molecule has 0 bridgehead atoms. The molecule has 4 aromatic rings. The number of hydrogen-bond acceptors (Lipinski definition) is 7. The number of alkyl halides is 3. The first-order chi connectivity index (χ1) is 17.2. The van der Waals surface area contributed by atoms with Gasteiger partial charge in [0, 0.05) is 17.6 Å². The summed E-state index contributed by atoms with van der Waals surface area (Å²) in [4.78, 5) is 31.6. The van der Waals surface area contributed by atoms with E-state index >= 15 is 0 Å².